The summed E-state index contributed by atoms with van der Waals surface area (Å²) in [6.45, 7) is 4.11. The van der Waals surface area contributed by atoms with E-state index in [0.717, 1.165) is 16.9 Å². The number of pyridine rings is 1. The van der Waals surface area contributed by atoms with E-state index in [1.165, 1.54) is 0 Å². The molecule has 2 aliphatic heterocycles. The van der Waals surface area contributed by atoms with Gasteiger partial charge < -0.3 is 25.2 Å². The molecule has 0 aliphatic carbocycles. The normalized spacial score (nSPS) is 18.9. The molecule has 46 heavy (non-hydrogen) atoms. The molecule has 1 aromatic carbocycles. The lowest BCUT2D eigenvalue weighted by Crippen LogP contribution is -2.58. The summed E-state index contributed by atoms with van der Waals surface area (Å²) in [5.41, 5.74) is 2.47. The van der Waals surface area contributed by atoms with Crippen molar-refractivity contribution in [2.75, 3.05) is 20.2 Å². The van der Waals surface area contributed by atoms with Gasteiger partial charge in [0.2, 0.25) is 11.8 Å². The van der Waals surface area contributed by atoms with Gasteiger partial charge in [0.1, 0.15) is 17.4 Å². The number of fused-ring (bicyclic) bond motifs is 1. The summed E-state index contributed by atoms with van der Waals surface area (Å²) in [5.74, 6) is -0.101. The summed E-state index contributed by atoms with van der Waals surface area (Å²) < 4.78 is 12.5. The lowest BCUT2D eigenvalue weighted by molar-refractivity contribution is -0.130. The topological polar surface area (TPSA) is 169 Å². The molecule has 14 nitrogen and oxygen atoms in total. The Bertz CT molecular complexity index is 1690. The third kappa shape index (κ3) is 7.23. The minimum Gasteiger partial charge on any atom is -0.497 e. The van der Waals surface area contributed by atoms with E-state index in [1.807, 2.05) is 30.3 Å². The minimum absolute atomic E-state index is 0.00286. The minimum atomic E-state index is -0.927. The smallest absolute Gasteiger partial charge is 0.257 e. The van der Waals surface area contributed by atoms with Gasteiger partial charge in [-0.25, -0.2) is 4.68 Å². The first kappa shape index (κ1) is 30.9. The average molecular weight is 628 g/mol. The molecule has 2 aliphatic rings. The van der Waals surface area contributed by atoms with Crippen LogP contribution in [0.4, 0.5) is 0 Å². The maximum atomic E-state index is 13.6. The number of ether oxygens (including phenoxy) is 1. The number of aromatic nitrogens is 5. The second-order valence-corrected chi connectivity index (χ2v) is 11.9. The van der Waals surface area contributed by atoms with Crippen LogP contribution in [0.5, 0.6) is 5.75 Å². The number of piperidine rings is 1. The number of benzene rings is 1. The molecular formula is C32H37N9O5. The van der Waals surface area contributed by atoms with Gasteiger partial charge in [-0.05, 0) is 49.1 Å². The number of likely N-dealkylation sites (tertiary alicyclic amines) is 1. The second-order valence-electron chi connectivity index (χ2n) is 11.9. The van der Waals surface area contributed by atoms with Gasteiger partial charge in [0.25, 0.3) is 5.91 Å². The molecular weight excluding hydrogens is 590 g/mol. The monoisotopic (exact) mass is 627 g/mol. The van der Waals surface area contributed by atoms with Gasteiger partial charge in [-0.2, -0.15) is 0 Å². The number of amides is 3. The predicted octanol–water partition coefficient (Wildman–Crippen LogP) is 1.54. The number of hydrogen-bond donors (Lipinski definition) is 3. The van der Waals surface area contributed by atoms with E-state index in [2.05, 4.69) is 47.4 Å². The van der Waals surface area contributed by atoms with Crippen molar-refractivity contribution < 1.29 is 23.6 Å². The average Bonchev–Trinajstić information content (AvgIpc) is 3.66. The molecule has 1 fully saturated rings. The number of nitrogens with zero attached hydrogens (tertiary/aromatic N) is 6. The van der Waals surface area contributed by atoms with Crippen LogP contribution in [0.3, 0.4) is 0 Å². The molecule has 3 amide bonds. The van der Waals surface area contributed by atoms with Crippen molar-refractivity contribution in [3.63, 3.8) is 0 Å². The van der Waals surface area contributed by atoms with Crippen LogP contribution in [0.25, 0.3) is 0 Å². The Morgan fingerprint density at radius 3 is 2.70 bits per heavy atom. The summed E-state index contributed by atoms with van der Waals surface area (Å²) in [6.07, 6.45) is 6.40. The lowest BCUT2D eigenvalue weighted by atomic mass is 9.83. The highest BCUT2D eigenvalue weighted by Gasteiger charge is 2.40. The number of nitrogens with one attached hydrogen (secondary N) is 3. The van der Waals surface area contributed by atoms with Gasteiger partial charge in [0.05, 0.1) is 37.1 Å². The zero-order chi connectivity index (χ0) is 32.1. The van der Waals surface area contributed by atoms with Gasteiger partial charge in [-0.1, -0.05) is 28.6 Å². The summed E-state index contributed by atoms with van der Waals surface area (Å²) in [4.78, 5) is 47.1. The highest BCUT2D eigenvalue weighted by molar-refractivity contribution is 5.97. The van der Waals surface area contributed by atoms with Crippen molar-refractivity contribution in [3.05, 3.63) is 88.8 Å². The third-order valence-electron chi connectivity index (χ3n) is 8.53. The standard InChI is InChI=1S/C32H37N9O5/c1-21-29-27(46-38-21)17-34-30(43)26(14-24-20-41(39-37-24)19-23-6-4-10-33-16-23)35-28(42)15-32(36-31(29)44)8-11-40(12-9-32)18-22-5-3-7-25(13-22)45-2/h3-7,10,13,16,20,26H,8-9,11-12,14-15,17-19H2,1-2H3,(H,34,43)(H,35,42)(H,36,44)/t26-/m1/s1. The van der Waals surface area contributed by atoms with E-state index in [4.69, 9.17) is 9.26 Å². The molecule has 1 saturated heterocycles. The highest BCUT2D eigenvalue weighted by atomic mass is 16.5. The Kier molecular flexibility index (Phi) is 9.06. The van der Waals surface area contributed by atoms with Crippen molar-refractivity contribution in [3.8, 4) is 5.75 Å². The fraction of sp³-hybridized carbons (Fsp3) is 0.406. The Hall–Kier alpha value is -5.11. The van der Waals surface area contributed by atoms with Crippen LogP contribution in [-0.2, 0) is 35.6 Å². The van der Waals surface area contributed by atoms with E-state index >= 15 is 0 Å². The number of methoxy groups -OCH3 is 1. The molecule has 0 saturated carbocycles. The number of rotatable bonds is 7. The van der Waals surface area contributed by atoms with Crippen molar-refractivity contribution >= 4 is 17.7 Å². The highest BCUT2D eigenvalue weighted by Crippen LogP contribution is 2.29. The van der Waals surface area contributed by atoms with Crippen LogP contribution in [0.1, 0.15) is 57.9 Å². The van der Waals surface area contributed by atoms with Gasteiger partial charge >= 0.3 is 0 Å². The fourth-order valence-electron chi connectivity index (χ4n) is 6.10. The van der Waals surface area contributed by atoms with Crippen molar-refractivity contribution in [2.24, 2.45) is 0 Å². The van der Waals surface area contributed by atoms with Crippen LogP contribution in [0, 0.1) is 6.92 Å². The van der Waals surface area contributed by atoms with Gasteiger partial charge in [0.15, 0.2) is 5.76 Å². The van der Waals surface area contributed by atoms with Crippen LogP contribution in [-0.4, -0.2) is 79.5 Å². The lowest BCUT2D eigenvalue weighted by Gasteiger charge is -2.42. The zero-order valence-electron chi connectivity index (χ0n) is 25.9. The fourth-order valence-corrected chi connectivity index (χ4v) is 6.10. The van der Waals surface area contributed by atoms with E-state index in [0.29, 0.717) is 50.4 Å². The molecule has 5 heterocycles. The molecule has 0 bridgehead atoms. The molecule has 6 rings (SSSR count). The van der Waals surface area contributed by atoms with E-state index in [1.54, 1.807) is 37.3 Å². The number of hydrogen-bond acceptors (Lipinski definition) is 10. The molecule has 0 radical (unpaired) electrons. The molecule has 3 N–H and O–H groups in total. The van der Waals surface area contributed by atoms with E-state index < -0.39 is 17.5 Å². The summed E-state index contributed by atoms with van der Waals surface area (Å²) >= 11 is 0. The molecule has 14 heteroatoms. The molecule has 240 valence electrons. The van der Waals surface area contributed by atoms with Gasteiger partial charge in [-0.3, -0.25) is 24.3 Å². The molecule has 0 unspecified atom stereocenters. The van der Waals surface area contributed by atoms with Gasteiger partial charge in [-0.15, -0.1) is 5.10 Å². The van der Waals surface area contributed by atoms with E-state index in [9.17, 15) is 14.4 Å². The van der Waals surface area contributed by atoms with Crippen LogP contribution in [0.2, 0.25) is 0 Å². The summed E-state index contributed by atoms with van der Waals surface area (Å²) in [7, 11) is 1.64. The molecule has 3 aromatic heterocycles. The Balaban J connectivity index is 1.20. The molecule has 1 spiro atoms. The second kappa shape index (κ2) is 13.5. The van der Waals surface area contributed by atoms with Crippen LogP contribution >= 0.6 is 0 Å². The largest absolute Gasteiger partial charge is 0.497 e. The Labute approximate surface area is 265 Å². The Morgan fingerprint density at radius 1 is 1.09 bits per heavy atom. The summed E-state index contributed by atoms with van der Waals surface area (Å²) in [6, 6.07) is 10.8. The van der Waals surface area contributed by atoms with Crippen molar-refractivity contribution in [2.45, 2.75) is 63.8 Å². The first-order valence-corrected chi connectivity index (χ1v) is 15.3. The Morgan fingerprint density at radius 2 is 1.91 bits per heavy atom. The molecule has 1 atom stereocenters. The zero-order valence-corrected chi connectivity index (χ0v) is 25.9. The molecule has 4 aromatic rings. The maximum Gasteiger partial charge on any atom is 0.257 e. The van der Waals surface area contributed by atoms with Crippen molar-refractivity contribution in [1.82, 2.24) is 46.0 Å². The predicted molar refractivity (Wildman–Crippen MR) is 164 cm³/mol. The van der Waals surface area contributed by atoms with Gasteiger partial charge in [0, 0.05) is 51.1 Å². The van der Waals surface area contributed by atoms with Crippen LogP contribution < -0.4 is 20.7 Å². The van der Waals surface area contributed by atoms with E-state index in [-0.39, 0.29) is 42.5 Å². The number of aryl methyl sites for hydroxylation is 1. The maximum absolute atomic E-state index is 13.6. The number of carbonyl (C=O) groups excluding carboxylic acids is 3. The SMILES string of the molecule is COc1cccc(CN2CCC3(CC2)CC(=O)N[C@H](Cc2cn(Cc4cccnc4)nn2)C(=O)NCc2onc(C)c2C(=O)N3)c1. The number of carbonyl (C=O) groups is 3. The first-order chi connectivity index (χ1) is 22.3. The third-order valence-corrected chi connectivity index (χ3v) is 8.53. The van der Waals surface area contributed by atoms with Crippen molar-refractivity contribution in [1.29, 1.82) is 0 Å². The van der Waals surface area contributed by atoms with Crippen LogP contribution in [0.15, 0.2) is 59.5 Å². The first-order valence-electron chi connectivity index (χ1n) is 15.3. The summed E-state index contributed by atoms with van der Waals surface area (Å²) in [5, 5.41) is 21.3. The quantitative estimate of drug-likeness (QED) is 0.273.